The number of ether oxygens (including phenoxy) is 2. The second-order valence-corrected chi connectivity index (χ2v) is 6.22. The third-order valence-corrected chi connectivity index (χ3v) is 4.27. The molecule has 1 spiro atoms. The Morgan fingerprint density at radius 3 is 2.75 bits per heavy atom. The number of anilines is 1. The molecule has 2 aromatic rings. The van der Waals surface area contributed by atoms with Crippen LogP contribution in [-0.4, -0.2) is 17.0 Å². The van der Waals surface area contributed by atoms with Crippen LogP contribution in [-0.2, 0) is 6.54 Å². The van der Waals surface area contributed by atoms with E-state index in [1.54, 1.807) is 25.1 Å². The summed E-state index contributed by atoms with van der Waals surface area (Å²) in [5.74, 6) is 1.64. The average Bonchev–Trinajstić information content (AvgIpc) is 3.26. The van der Waals surface area contributed by atoms with Crippen LogP contribution in [0.2, 0.25) is 0 Å². The molecule has 2 amide bonds. The van der Waals surface area contributed by atoms with Gasteiger partial charge in [-0.2, -0.15) is 0 Å². The average molecular weight is 329 g/mol. The second-order valence-electron chi connectivity index (χ2n) is 6.22. The van der Waals surface area contributed by atoms with E-state index in [0.717, 1.165) is 31.4 Å². The molecule has 0 unspecified atom stereocenters. The van der Waals surface area contributed by atoms with Crippen LogP contribution in [0.4, 0.5) is 10.5 Å². The summed E-state index contributed by atoms with van der Waals surface area (Å²) in [6.07, 6.45) is 4.04. The van der Waals surface area contributed by atoms with Crippen molar-refractivity contribution in [2.45, 2.75) is 44.9 Å². The van der Waals surface area contributed by atoms with Crippen LogP contribution in [0.15, 0.2) is 28.8 Å². The fraction of sp³-hybridized carbons (Fsp3) is 0.412. The predicted molar refractivity (Wildman–Crippen MR) is 86.0 cm³/mol. The van der Waals surface area contributed by atoms with Crippen LogP contribution in [0.3, 0.4) is 0 Å². The normalized spacial score (nSPS) is 17.2. The number of fused-ring (bicyclic) bond motifs is 1. The lowest BCUT2D eigenvalue weighted by molar-refractivity contribution is -0.0716. The van der Waals surface area contributed by atoms with Gasteiger partial charge in [0.25, 0.3) is 5.79 Å². The van der Waals surface area contributed by atoms with Gasteiger partial charge in [0.1, 0.15) is 11.5 Å². The van der Waals surface area contributed by atoms with Gasteiger partial charge in [-0.25, -0.2) is 4.79 Å². The smallest absolute Gasteiger partial charge is 0.319 e. The number of aryl methyl sites for hydroxylation is 1. The van der Waals surface area contributed by atoms with E-state index >= 15 is 0 Å². The van der Waals surface area contributed by atoms with E-state index in [1.807, 2.05) is 6.07 Å². The minimum Gasteiger partial charge on any atom is -0.448 e. The number of urea groups is 1. The molecule has 1 aromatic carbocycles. The topological polar surface area (TPSA) is 85.6 Å². The highest BCUT2D eigenvalue weighted by Crippen LogP contribution is 2.47. The maximum absolute atomic E-state index is 12.0. The van der Waals surface area contributed by atoms with Gasteiger partial charge >= 0.3 is 6.03 Å². The Bertz CT molecular complexity index is 765. The molecule has 24 heavy (non-hydrogen) atoms. The van der Waals surface area contributed by atoms with E-state index in [9.17, 15) is 4.79 Å². The van der Waals surface area contributed by atoms with E-state index in [1.165, 1.54) is 0 Å². The second kappa shape index (κ2) is 5.74. The molecule has 1 aromatic heterocycles. The van der Waals surface area contributed by atoms with Gasteiger partial charge in [0.15, 0.2) is 11.5 Å². The largest absolute Gasteiger partial charge is 0.448 e. The molecule has 1 aliphatic carbocycles. The Balaban J connectivity index is 1.37. The van der Waals surface area contributed by atoms with Gasteiger partial charge in [-0.05, 0) is 31.9 Å². The number of carbonyl (C=O) groups is 1. The Labute approximate surface area is 139 Å². The highest BCUT2D eigenvalue weighted by Gasteiger charge is 2.44. The van der Waals surface area contributed by atoms with Gasteiger partial charge in [0.2, 0.25) is 0 Å². The van der Waals surface area contributed by atoms with Gasteiger partial charge in [0.05, 0.1) is 6.54 Å². The Morgan fingerprint density at radius 2 is 2.00 bits per heavy atom. The lowest BCUT2D eigenvalue weighted by atomic mass is 10.2. The molecule has 126 valence electrons. The van der Waals surface area contributed by atoms with Crippen molar-refractivity contribution in [1.82, 2.24) is 10.5 Å². The van der Waals surface area contributed by atoms with Crippen LogP contribution < -0.4 is 20.1 Å². The van der Waals surface area contributed by atoms with E-state index in [-0.39, 0.29) is 6.03 Å². The summed E-state index contributed by atoms with van der Waals surface area (Å²) in [6, 6.07) is 6.89. The molecule has 1 aliphatic heterocycles. The van der Waals surface area contributed by atoms with Crippen molar-refractivity contribution >= 4 is 11.7 Å². The first-order valence-electron chi connectivity index (χ1n) is 8.11. The number of carbonyl (C=O) groups excluding carboxylic acids is 1. The molecule has 2 aliphatic rings. The van der Waals surface area contributed by atoms with E-state index in [2.05, 4.69) is 15.8 Å². The maximum atomic E-state index is 12.0. The summed E-state index contributed by atoms with van der Waals surface area (Å²) in [4.78, 5) is 12.0. The van der Waals surface area contributed by atoms with Crippen molar-refractivity contribution < 1.29 is 18.8 Å². The highest BCUT2D eigenvalue weighted by atomic mass is 16.7. The van der Waals surface area contributed by atoms with Gasteiger partial charge in [-0.15, -0.1) is 0 Å². The minimum atomic E-state index is -0.492. The molecular weight excluding hydrogens is 310 g/mol. The zero-order valence-electron chi connectivity index (χ0n) is 13.4. The van der Waals surface area contributed by atoms with Gasteiger partial charge in [-0.3, -0.25) is 0 Å². The number of nitrogens with zero attached hydrogens (tertiary/aromatic N) is 1. The molecule has 1 fully saturated rings. The van der Waals surface area contributed by atoms with Crippen molar-refractivity contribution in [3.05, 3.63) is 35.7 Å². The number of benzene rings is 1. The standard InChI is InChI=1S/C17H19N3O4/c1-11-8-13(20-24-11)10-18-16(21)19-12-4-5-14-15(9-12)23-17(22-14)6-2-3-7-17/h4-5,8-9H,2-3,6-7,10H2,1H3,(H2,18,19,21). The first-order valence-corrected chi connectivity index (χ1v) is 8.11. The fourth-order valence-corrected chi connectivity index (χ4v) is 3.14. The molecule has 4 rings (SSSR count). The first-order chi connectivity index (χ1) is 11.6. The zero-order chi connectivity index (χ0) is 16.6. The molecule has 7 heteroatoms. The number of aromatic nitrogens is 1. The molecule has 0 bridgehead atoms. The van der Waals surface area contributed by atoms with Crippen LogP contribution in [0.1, 0.15) is 37.1 Å². The van der Waals surface area contributed by atoms with E-state index < -0.39 is 5.79 Å². The SMILES string of the molecule is Cc1cc(CNC(=O)Nc2ccc3c(c2)OC2(CCCC2)O3)no1. The third-order valence-electron chi connectivity index (χ3n) is 4.27. The first kappa shape index (κ1) is 14.9. The highest BCUT2D eigenvalue weighted by molar-refractivity contribution is 5.89. The summed E-state index contributed by atoms with van der Waals surface area (Å²) < 4.78 is 16.9. The number of nitrogens with one attached hydrogen (secondary N) is 2. The van der Waals surface area contributed by atoms with Crippen molar-refractivity contribution in [3.63, 3.8) is 0 Å². The quantitative estimate of drug-likeness (QED) is 0.902. The van der Waals surface area contributed by atoms with Gasteiger partial charge in [0, 0.05) is 30.7 Å². The van der Waals surface area contributed by atoms with Crippen LogP contribution in [0, 0.1) is 6.92 Å². The van der Waals surface area contributed by atoms with Crippen LogP contribution in [0.5, 0.6) is 11.5 Å². The molecule has 2 N–H and O–H groups in total. The van der Waals surface area contributed by atoms with Crippen molar-refractivity contribution in [1.29, 1.82) is 0 Å². The lowest BCUT2D eigenvalue weighted by Gasteiger charge is -2.21. The predicted octanol–water partition coefficient (Wildman–Crippen LogP) is 3.35. The van der Waals surface area contributed by atoms with Crippen LogP contribution in [0.25, 0.3) is 0 Å². The molecule has 0 atom stereocenters. The van der Waals surface area contributed by atoms with E-state index in [0.29, 0.717) is 29.4 Å². The molecule has 0 radical (unpaired) electrons. The number of hydrogen-bond acceptors (Lipinski definition) is 5. The summed E-state index contributed by atoms with van der Waals surface area (Å²) in [5.41, 5.74) is 1.33. The van der Waals surface area contributed by atoms with Gasteiger partial charge < -0.3 is 24.6 Å². The monoisotopic (exact) mass is 329 g/mol. The molecule has 1 saturated carbocycles. The Kier molecular flexibility index (Phi) is 3.55. The number of hydrogen-bond donors (Lipinski definition) is 2. The minimum absolute atomic E-state index is 0.302. The van der Waals surface area contributed by atoms with Crippen molar-refractivity contribution in [3.8, 4) is 11.5 Å². The number of amides is 2. The molecule has 0 saturated heterocycles. The van der Waals surface area contributed by atoms with Crippen molar-refractivity contribution in [2.24, 2.45) is 0 Å². The molecule has 7 nitrogen and oxygen atoms in total. The van der Waals surface area contributed by atoms with Crippen LogP contribution >= 0.6 is 0 Å². The lowest BCUT2D eigenvalue weighted by Crippen LogP contribution is -2.34. The van der Waals surface area contributed by atoms with E-state index in [4.69, 9.17) is 14.0 Å². The van der Waals surface area contributed by atoms with Gasteiger partial charge in [-0.1, -0.05) is 5.16 Å². The Morgan fingerprint density at radius 1 is 1.21 bits per heavy atom. The Hall–Kier alpha value is -2.70. The molecular formula is C17H19N3O4. The zero-order valence-corrected chi connectivity index (χ0v) is 13.4. The fourth-order valence-electron chi connectivity index (χ4n) is 3.14. The molecule has 2 heterocycles. The summed E-state index contributed by atoms with van der Waals surface area (Å²) >= 11 is 0. The summed E-state index contributed by atoms with van der Waals surface area (Å²) in [6.45, 7) is 2.11. The summed E-state index contributed by atoms with van der Waals surface area (Å²) in [7, 11) is 0. The third kappa shape index (κ3) is 2.89. The number of rotatable bonds is 3. The van der Waals surface area contributed by atoms with Crippen molar-refractivity contribution in [2.75, 3.05) is 5.32 Å². The maximum Gasteiger partial charge on any atom is 0.319 e. The summed E-state index contributed by atoms with van der Waals surface area (Å²) in [5, 5.41) is 9.34.